The molecule has 0 spiro atoms. The van der Waals surface area contributed by atoms with Crippen molar-refractivity contribution in [3.63, 3.8) is 0 Å². The summed E-state index contributed by atoms with van der Waals surface area (Å²) in [5.41, 5.74) is 6.22. The second-order valence-corrected chi connectivity index (χ2v) is 5.37. The van der Waals surface area contributed by atoms with Crippen LogP contribution < -0.4 is 5.73 Å². The standard InChI is InChI=1S/C12H24N2O/c1-14(11-5-3-2-4-6-11)9-12(13)7-8-15-10-12/h11H,2-10,13H2,1H3. The highest BCUT2D eigenvalue weighted by Crippen LogP contribution is 2.24. The summed E-state index contributed by atoms with van der Waals surface area (Å²) in [7, 11) is 2.23. The Morgan fingerprint density at radius 2 is 2.07 bits per heavy atom. The Labute approximate surface area is 93.0 Å². The molecule has 0 amide bonds. The number of ether oxygens (including phenoxy) is 1. The lowest BCUT2D eigenvalue weighted by Gasteiger charge is -2.36. The lowest BCUT2D eigenvalue weighted by Crippen LogP contribution is -2.52. The number of likely N-dealkylation sites (N-methyl/N-ethyl adjacent to an activating group) is 1. The van der Waals surface area contributed by atoms with Crippen molar-refractivity contribution in [2.75, 3.05) is 26.8 Å². The molecule has 2 N–H and O–H groups in total. The van der Waals surface area contributed by atoms with Gasteiger partial charge >= 0.3 is 0 Å². The number of rotatable bonds is 3. The maximum Gasteiger partial charge on any atom is 0.0659 e. The van der Waals surface area contributed by atoms with Crippen molar-refractivity contribution in [3.8, 4) is 0 Å². The molecule has 1 aliphatic heterocycles. The zero-order chi connectivity index (χ0) is 10.7. The third kappa shape index (κ3) is 2.92. The van der Waals surface area contributed by atoms with E-state index >= 15 is 0 Å². The van der Waals surface area contributed by atoms with Crippen molar-refractivity contribution in [1.29, 1.82) is 0 Å². The minimum Gasteiger partial charge on any atom is -0.379 e. The molecule has 2 fully saturated rings. The van der Waals surface area contributed by atoms with Gasteiger partial charge < -0.3 is 15.4 Å². The largest absolute Gasteiger partial charge is 0.379 e. The van der Waals surface area contributed by atoms with Crippen molar-refractivity contribution in [1.82, 2.24) is 4.90 Å². The van der Waals surface area contributed by atoms with Crippen LogP contribution in [0.5, 0.6) is 0 Å². The van der Waals surface area contributed by atoms with Gasteiger partial charge in [0.15, 0.2) is 0 Å². The highest BCUT2D eigenvalue weighted by atomic mass is 16.5. The smallest absolute Gasteiger partial charge is 0.0659 e. The fourth-order valence-corrected chi connectivity index (χ4v) is 2.90. The van der Waals surface area contributed by atoms with Crippen molar-refractivity contribution >= 4 is 0 Å². The first kappa shape index (κ1) is 11.4. The van der Waals surface area contributed by atoms with Crippen LogP contribution in [0.3, 0.4) is 0 Å². The van der Waals surface area contributed by atoms with Crippen molar-refractivity contribution in [2.24, 2.45) is 5.73 Å². The summed E-state index contributed by atoms with van der Waals surface area (Å²) in [5, 5.41) is 0. The quantitative estimate of drug-likeness (QED) is 0.768. The molecule has 2 rings (SSSR count). The molecule has 1 saturated carbocycles. The number of nitrogens with zero attached hydrogens (tertiary/aromatic N) is 1. The lowest BCUT2D eigenvalue weighted by molar-refractivity contribution is 0.130. The molecule has 0 aromatic heterocycles. The van der Waals surface area contributed by atoms with E-state index in [-0.39, 0.29) is 5.54 Å². The van der Waals surface area contributed by atoms with E-state index in [0.717, 1.165) is 32.2 Å². The number of hydrogen-bond donors (Lipinski definition) is 1. The molecule has 3 nitrogen and oxygen atoms in total. The first-order chi connectivity index (χ1) is 7.20. The van der Waals surface area contributed by atoms with Gasteiger partial charge in [0.2, 0.25) is 0 Å². The third-order valence-electron chi connectivity index (χ3n) is 3.90. The summed E-state index contributed by atoms with van der Waals surface area (Å²) >= 11 is 0. The van der Waals surface area contributed by atoms with Crippen LogP contribution in [0.25, 0.3) is 0 Å². The van der Waals surface area contributed by atoms with Crippen LogP contribution >= 0.6 is 0 Å². The summed E-state index contributed by atoms with van der Waals surface area (Å²) in [4.78, 5) is 2.47. The molecule has 0 bridgehead atoms. The Morgan fingerprint density at radius 1 is 1.33 bits per heavy atom. The molecule has 15 heavy (non-hydrogen) atoms. The first-order valence-corrected chi connectivity index (χ1v) is 6.26. The SMILES string of the molecule is CN(CC1(N)CCOC1)C1CCCCC1. The number of nitrogens with two attached hydrogens (primary N) is 1. The Kier molecular flexibility index (Phi) is 3.65. The zero-order valence-corrected chi connectivity index (χ0v) is 9.87. The van der Waals surface area contributed by atoms with Gasteiger partial charge in [0.25, 0.3) is 0 Å². The zero-order valence-electron chi connectivity index (χ0n) is 9.87. The summed E-state index contributed by atoms with van der Waals surface area (Å²) in [6, 6.07) is 0.764. The van der Waals surface area contributed by atoms with Crippen molar-refractivity contribution in [2.45, 2.75) is 50.1 Å². The molecule has 0 aromatic carbocycles. The molecule has 88 valence electrons. The first-order valence-electron chi connectivity index (χ1n) is 6.26. The fraction of sp³-hybridized carbons (Fsp3) is 1.00. The van der Waals surface area contributed by atoms with E-state index in [9.17, 15) is 0 Å². The summed E-state index contributed by atoms with van der Waals surface area (Å²) in [6.45, 7) is 2.58. The molecule has 1 heterocycles. The van der Waals surface area contributed by atoms with E-state index in [0.29, 0.717) is 0 Å². The van der Waals surface area contributed by atoms with Crippen LogP contribution in [-0.4, -0.2) is 43.3 Å². The van der Waals surface area contributed by atoms with Gasteiger partial charge in [-0.2, -0.15) is 0 Å². The van der Waals surface area contributed by atoms with Gasteiger partial charge in [0.1, 0.15) is 0 Å². The predicted octanol–water partition coefficient (Wildman–Crippen LogP) is 1.37. The predicted molar refractivity (Wildman–Crippen MR) is 61.9 cm³/mol. The van der Waals surface area contributed by atoms with Crippen LogP contribution in [0.2, 0.25) is 0 Å². The molecule has 1 atom stereocenters. The molecular formula is C12H24N2O. The summed E-state index contributed by atoms with van der Waals surface area (Å²) < 4.78 is 5.40. The van der Waals surface area contributed by atoms with Crippen molar-refractivity contribution in [3.05, 3.63) is 0 Å². The van der Waals surface area contributed by atoms with Crippen LogP contribution in [-0.2, 0) is 4.74 Å². The van der Waals surface area contributed by atoms with Crippen molar-refractivity contribution < 1.29 is 4.74 Å². The van der Waals surface area contributed by atoms with E-state index in [2.05, 4.69) is 11.9 Å². The Balaban J connectivity index is 1.82. The molecule has 0 aromatic rings. The molecule has 0 radical (unpaired) electrons. The van der Waals surface area contributed by atoms with E-state index in [1.165, 1.54) is 32.1 Å². The average molecular weight is 212 g/mol. The van der Waals surface area contributed by atoms with E-state index in [1.807, 2.05) is 0 Å². The third-order valence-corrected chi connectivity index (χ3v) is 3.90. The van der Waals surface area contributed by atoms with Gasteiger partial charge in [-0.25, -0.2) is 0 Å². The molecular weight excluding hydrogens is 188 g/mol. The second-order valence-electron chi connectivity index (χ2n) is 5.37. The molecule has 3 heteroatoms. The second kappa shape index (κ2) is 4.81. The maximum absolute atomic E-state index is 6.30. The summed E-state index contributed by atoms with van der Waals surface area (Å²) in [6.07, 6.45) is 7.93. The minimum absolute atomic E-state index is 0.0772. The van der Waals surface area contributed by atoms with Crippen LogP contribution in [0, 0.1) is 0 Å². The Hall–Kier alpha value is -0.120. The van der Waals surface area contributed by atoms with Gasteiger partial charge in [-0.3, -0.25) is 0 Å². The minimum atomic E-state index is -0.0772. The van der Waals surface area contributed by atoms with Crippen LogP contribution in [0.15, 0.2) is 0 Å². The molecule has 1 aliphatic carbocycles. The van der Waals surface area contributed by atoms with E-state index in [1.54, 1.807) is 0 Å². The maximum atomic E-state index is 6.30. The highest BCUT2D eigenvalue weighted by Gasteiger charge is 2.33. The lowest BCUT2D eigenvalue weighted by atomic mass is 9.92. The molecule has 1 saturated heterocycles. The van der Waals surface area contributed by atoms with Gasteiger partial charge in [-0.15, -0.1) is 0 Å². The van der Waals surface area contributed by atoms with E-state index in [4.69, 9.17) is 10.5 Å². The highest BCUT2D eigenvalue weighted by molar-refractivity contribution is 4.92. The fourth-order valence-electron chi connectivity index (χ4n) is 2.90. The topological polar surface area (TPSA) is 38.5 Å². The van der Waals surface area contributed by atoms with Gasteiger partial charge in [0.05, 0.1) is 12.1 Å². The van der Waals surface area contributed by atoms with Crippen LogP contribution in [0.1, 0.15) is 38.5 Å². The Morgan fingerprint density at radius 3 is 2.67 bits per heavy atom. The van der Waals surface area contributed by atoms with Gasteiger partial charge in [-0.05, 0) is 26.3 Å². The summed E-state index contributed by atoms with van der Waals surface area (Å²) in [5.74, 6) is 0. The molecule has 2 aliphatic rings. The normalized spacial score (nSPS) is 33.8. The van der Waals surface area contributed by atoms with Crippen LogP contribution in [0.4, 0.5) is 0 Å². The monoisotopic (exact) mass is 212 g/mol. The van der Waals surface area contributed by atoms with Gasteiger partial charge in [0, 0.05) is 19.2 Å². The number of hydrogen-bond acceptors (Lipinski definition) is 3. The molecule has 1 unspecified atom stereocenters. The van der Waals surface area contributed by atoms with E-state index < -0.39 is 0 Å². The Bertz CT molecular complexity index is 196. The van der Waals surface area contributed by atoms with Gasteiger partial charge in [-0.1, -0.05) is 19.3 Å². The average Bonchev–Trinajstić information content (AvgIpc) is 2.66.